The molecule has 72 valence electrons. The van der Waals surface area contributed by atoms with E-state index in [1.54, 1.807) is 11.8 Å². The molecule has 0 amide bonds. The van der Waals surface area contributed by atoms with E-state index in [-0.39, 0.29) is 6.61 Å². The fourth-order valence-corrected chi connectivity index (χ4v) is 2.29. The maximum atomic E-state index is 8.91. The van der Waals surface area contributed by atoms with Crippen molar-refractivity contribution in [2.24, 2.45) is 0 Å². The lowest BCUT2D eigenvalue weighted by Crippen LogP contribution is -2.04. The first kappa shape index (κ1) is 10.6. The zero-order valence-corrected chi connectivity index (χ0v) is 8.92. The van der Waals surface area contributed by atoms with Crippen LogP contribution >= 0.6 is 11.8 Å². The predicted molar refractivity (Wildman–Crippen MR) is 59.0 cm³/mol. The maximum absolute atomic E-state index is 8.91. The van der Waals surface area contributed by atoms with Gasteiger partial charge < -0.3 is 5.11 Å². The number of benzene rings is 1. The first-order valence-electron chi connectivity index (χ1n) is 4.55. The average Bonchev–Trinajstić information content (AvgIpc) is 2.19. The van der Waals surface area contributed by atoms with Gasteiger partial charge in [0.15, 0.2) is 0 Å². The highest BCUT2D eigenvalue weighted by atomic mass is 32.2. The van der Waals surface area contributed by atoms with Gasteiger partial charge in [-0.05, 0) is 12.5 Å². The minimum atomic E-state index is 0.252. The van der Waals surface area contributed by atoms with Gasteiger partial charge in [0.05, 0.1) is 6.61 Å². The molecule has 0 aliphatic rings. The highest BCUT2D eigenvalue weighted by Gasteiger charge is 2.09. The molecule has 0 aliphatic heterocycles. The van der Waals surface area contributed by atoms with Gasteiger partial charge in [0.25, 0.3) is 0 Å². The van der Waals surface area contributed by atoms with Gasteiger partial charge in [-0.25, -0.2) is 0 Å². The molecule has 0 bridgehead atoms. The summed E-state index contributed by atoms with van der Waals surface area (Å²) in [5, 5.41) is 9.69. The van der Waals surface area contributed by atoms with Gasteiger partial charge in [0.1, 0.15) is 0 Å². The van der Waals surface area contributed by atoms with Crippen molar-refractivity contribution in [3.8, 4) is 0 Å². The van der Waals surface area contributed by atoms with E-state index in [4.69, 9.17) is 5.11 Å². The van der Waals surface area contributed by atoms with Gasteiger partial charge >= 0.3 is 0 Å². The molecule has 0 fully saturated rings. The SMILES string of the molecule is CC(CO)SC(C)c1ccccc1. The van der Waals surface area contributed by atoms with E-state index in [1.165, 1.54) is 5.56 Å². The second kappa shape index (κ2) is 5.30. The smallest absolute Gasteiger partial charge is 0.0547 e. The molecule has 13 heavy (non-hydrogen) atoms. The fraction of sp³-hybridized carbons (Fsp3) is 0.455. The predicted octanol–water partition coefficient (Wildman–Crippen LogP) is 2.86. The van der Waals surface area contributed by atoms with Crippen molar-refractivity contribution in [2.45, 2.75) is 24.3 Å². The van der Waals surface area contributed by atoms with Crippen molar-refractivity contribution in [3.05, 3.63) is 35.9 Å². The van der Waals surface area contributed by atoms with Crippen LogP contribution < -0.4 is 0 Å². The highest BCUT2D eigenvalue weighted by molar-refractivity contribution is 8.00. The second-order valence-corrected chi connectivity index (χ2v) is 4.97. The molecule has 0 spiro atoms. The standard InChI is InChI=1S/C11H16OS/c1-9(8-12)13-10(2)11-6-4-3-5-7-11/h3-7,9-10,12H,8H2,1-2H3. The Morgan fingerprint density at radius 2 is 1.85 bits per heavy atom. The molecule has 1 N–H and O–H groups in total. The summed E-state index contributed by atoms with van der Waals surface area (Å²) in [4.78, 5) is 0. The molecule has 0 radical (unpaired) electrons. The van der Waals surface area contributed by atoms with E-state index in [0.29, 0.717) is 10.5 Å². The molecular weight excluding hydrogens is 180 g/mol. The van der Waals surface area contributed by atoms with Gasteiger partial charge in [0, 0.05) is 10.5 Å². The lowest BCUT2D eigenvalue weighted by Gasteiger charge is -2.15. The molecule has 0 aliphatic carbocycles. The van der Waals surface area contributed by atoms with E-state index >= 15 is 0 Å². The summed E-state index contributed by atoms with van der Waals surface area (Å²) in [7, 11) is 0. The van der Waals surface area contributed by atoms with Gasteiger partial charge in [-0.1, -0.05) is 37.3 Å². The van der Waals surface area contributed by atoms with E-state index in [9.17, 15) is 0 Å². The fourth-order valence-electron chi connectivity index (χ4n) is 1.19. The Hall–Kier alpha value is -0.470. The van der Waals surface area contributed by atoms with Crippen LogP contribution in [0.1, 0.15) is 24.7 Å². The van der Waals surface area contributed by atoms with Crippen molar-refractivity contribution < 1.29 is 5.11 Å². The van der Waals surface area contributed by atoms with Crippen LogP contribution in [-0.4, -0.2) is 17.0 Å². The average molecular weight is 196 g/mol. The highest BCUT2D eigenvalue weighted by Crippen LogP contribution is 2.30. The maximum Gasteiger partial charge on any atom is 0.0547 e. The van der Waals surface area contributed by atoms with Crippen molar-refractivity contribution in [1.82, 2.24) is 0 Å². The summed E-state index contributed by atoms with van der Waals surface area (Å²) in [6.07, 6.45) is 0. The molecule has 1 nitrogen and oxygen atoms in total. The summed E-state index contributed by atoms with van der Waals surface area (Å²) >= 11 is 1.80. The van der Waals surface area contributed by atoms with Crippen LogP contribution in [0, 0.1) is 0 Å². The van der Waals surface area contributed by atoms with Crippen molar-refractivity contribution >= 4 is 11.8 Å². The third kappa shape index (κ3) is 3.41. The first-order valence-corrected chi connectivity index (χ1v) is 5.49. The van der Waals surface area contributed by atoms with Crippen molar-refractivity contribution in [3.63, 3.8) is 0 Å². The number of aliphatic hydroxyl groups is 1. The third-order valence-corrected chi connectivity index (χ3v) is 3.26. The Kier molecular flexibility index (Phi) is 4.33. The van der Waals surface area contributed by atoms with Crippen LogP contribution in [0.4, 0.5) is 0 Å². The number of thioether (sulfide) groups is 1. The van der Waals surface area contributed by atoms with Crippen molar-refractivity contribution in [1.29, 1.82) is 0 Å². The quantitative estimate of drug-likeness (QED) is 0.799. The second-order valence-electron chi connectivity index (χ2n) is 3.18. The summed E-state index contributed by atoms with van der Waals surface area (Å²) < 4.78 is 0. The minimum Gasteiger partial charge on any atom is -0.395 e. The number of aliphatic hydroxyl groups excluding tert-OH is 1. The van der Waals surface area contributed by atoms with Crippen LogP contribution in [0.25, 0.3) is 0 Å². The van der Waals surface area contributed by atoms with E-state index in [1.807, 2.05) is 13.0 Å². The Bertz CT molecular complexity index is 235. The van der Waals surface area contributed by atoms with Gasteiger partial charge in [0.2, 0.25) is 0 Å². The molecule has 2 heteroatoms. The van der Waals surface area contributed by atoms with Gasteiger partial charge in [-0.3, -0.25) is 0 Å². The first-order chi connectivity index (χ1) is 6.24. The molecule has 0 aromatic heterocycles. The number of rotatable bonds is 4. The zero-order valence-electron chi connectivity index (χ0n) is 8.10. The molecule has 0 heterocycles. The lowest BCUT2D eigenvalue weighted by molar-refractivity contribution is 0.300. The molecule has 0 saturated heterocycles. The van der Waals surface area contributed by atoms with Crippen molar-refractivity contribution in [2.75, 3.05) is 6.61 Å². The monoisotopic (exact) mass is 196 g/mol. The Labute approximate surface area is 84.2 Å². The molecule has 2 atom stereocenters. The van der Waals surface area contributed by atoms with Crippen LogP contribution in [0.5, 0.6) is 0 Å². The molecule has 1 rings (SSSR count). The summed E-state index contributed by atoms with van der Waals surface area (Å²) in [6, 6.07) is 10.4. The molecule has 1 aromatic rings. The topological polar surface area (TPSA) is 20.2 Å². The van der Waals surface area contributed by atoms with Gasteiger partial charge in [-0.15, -0.1) is 11.8 Å². The third-order valence-electron chi connectivity index (χ3n) is 1.96. The van der Waals surface area contributed by atoms with Gasteiger partial charge in [-0.2, -0.15) is 0 Å². The molecule has 1 aromatic carbocycles. The summed E-state index contributed by atoms with van der Waals surface area (Å²) in [6.45, 7) is 4.47. The summed E-state index contributed by atoms with van der Waals surface area (Å²) in [5.74, 6) is 0. The van der Waals surface area contributed by atoms with E-state index < -0.39 is 0 Å². The molecule has 0 saturated carbocycles. The Morgan fingerprint density at radius 3 is 2.38 bits per heavy atom. The number of hydrogen-bond donors (Lipinski definition) is 1. The molecule has 2 unspecified atom stereocenters. The minimum absolute atomic E-state index is 0.252. The summed E-state index contributed by atoms with van der Waals surface area (Å²) in [5.41, 5.74) is 1.33. The van der Waals surface area contributed by atoms with Crippen LogP contribution in [0.2, 0.25) is 0 Å². The lowest BCUT2D eigenvalue weighted by atomic mass is 10.2. The Balaban J connectivity index is 2.53. The van der Waals surface area contributed by atoms with Crippen LogP contribution in [-0.2, 0) is 0 Å². The van der Waals surface area contributed by atoms with Crippen LogP contribution in [0.3, 0.4) is 0 Å². The largest absolute Gasteiger partial charge is 0.395 e. The van der Waals surface area contributed by atoms with E-state index in [0.717, 1.165) is 0 Å². The van der Waals surface area contributed by atoms with Crippen LogP contribution in [0.15, 0.2) is 30.3 Å². The number of hydrogen-bond acceptors (Lipinski definition) is 2. The zero-order chi connectivity index (χ0) is 9.68. The Morgan fingerprint density at radius 1 is 1.23 bits per heavy atom. The van der Waals surface area contributed by atoms with E-state index in [2.05, 4.69) is 31.2 Å². The normalized spacial score (nSPS) is 15.3. The molecular formula is C11H16OS.